The van der Waals surface area contributed by atoms with Crippen LogP contribution in [0.3, 0.4) is 0 Å². The lowest BCUT2D eigenvalue weighted by Crippen LogP contribution is -2.28. The fraction of sp³-hybridized carbons (Fsp3) is 0.321. The average Bonchev–Trinajstić information content (AvgIpc) is 3.60. The smallest absolute Gasteiger partial charge is 0.330 e. The Bertz CT molecular complexity index is 1770. The molecule has 2 atom stereocenters. The first-order valence-electron chi connectivity index (χ1n) is 12.7. The molecule has 7 rings (SSSR count). The highest BCUT2D eigenvalue weighted by atomic mass is 16.3. The van der Waals surface area contributed by atoms with E-state index in [1.54, 1.807) is 39.9 Å². The monoisotopic (exact) mass is 491 g/mol. The summed E-state index contributed by atoms with van der Waals surface area (Å²) < 4.78 is 5.36. The predicted octanol–water partition coefficient (Wildman–Crippen LogP) is 3.82. The zero-order valence-electron chi connectivity index (χ0n) is 20.2. The van der Waals surface area contributed by atoms with Gasteiger partial charge in [0.25, 0.3) is 0 Å². The molecule has 2 aliphatic carbocycles. The largest absolute Gasteiger partial charge is 0.388 e. The van der Waals surface area contributed by atoms with Crippen molar-refractivity contribution in [3.8, 4) is 12.0 Å². The second-order valence-electron chi connectivity index (χ2n) is 10.2. The third-order valence-corrected chi connectivity index (χ3v) is 7.76. The van der Waals surface area contributed by atoms with E-state index in [-0.39, 0.29) is 11.6 Å². The second kappa shape index (κ2) is 8.39. The molecule has 0 aliphatic heterocycles. The topological polar surface area (TPSA) is 115 Å². The summed E-state index contributed by atoms with van der Waals surface area (Å²) in [7, 11) is 0. The van der Waals surface area contributed by atoms with Crippen molar-refractivity contribution in [2.45, 2.75) is 50.8 Å². The number of imidazole rings is 2. The van der Waals surface area contributed by atoms with Gasteiger partial charge >= 0.3 is 5.69 Å². The van der Waals surface area contributed by atoms with Crippen molar-refractivity contribution in [3.05, 3.63) is 82.2 Å². The third kappa shape index (κ3) is 3.64. The van der Waals surface area contributed by atoms with E-state index in [4.69, 9.17) is 4.98 Å². The molecule has 3 heterocycles. The lowest BCUT2D eigenvalue weighted by Gasteiger charge is -2.29. The third-order valence-electron chi connectivity index (χ3n) is 7.76. The highest BCUT2D eigenvalue weighted by molar-refractivity contribution is 5.79. The minimum absolute atomic E-state index is 0.0702. The standard InChI is InChI=1S/C28H25N7O2/c29-12-18-7-9-22-23(11-18)35(16-31-22)27-30-13-24-26(32-27)34(28(37)33(24)14-17-5-6-17)15-19-8-10-25(36)21-4-2-1-3-20(19)21/h1-4,7,9,11,13,16-17,19,25,36H,5-6,8,10,14-15H2/t19-,25+/m0/s1. The number of nitriles is 1. The van der Waals surface area contributed by atoms with Crippen molar-refractivity contribution in [1.29, 1.82) is 5.26 Å². The number of aliphatic hydroxyl groups is 1. The van der Waals surface area contributed by atoms with Gasteiger partial charge in [-0.05, 0) is 60.9 Å². The van der Waals surface area contributed by atoms with Gasteiger partial charge in [0, 0.05) is 19.0 Å². The van der Waals surface area contributed by atoms with Crippen molar-refractivity contribution >= 4 is 22.2 Å². The van der Waals surface area contributed by atoms with Crippen molar-refractivity contribution in [3.63, 3.8) is 0 Å². The van der Waals surface area contributed by atoms with Gasteiger partial charge in [-0.3, -0.25) is 13.7 Å². The molecule has 0 unspecified atom stereocenters. The van der Waals surface area contributed by atoms with E-state index < -0.39 is 6.10 Å². The summed E-state index contributed by atoms with van der Waals surface area (Å²) in [5.74, 6) is 1.02. The molecule has 2 aromatic carbocycles. The number of hydrogen-bond acceptors (Lipinski definition) is 6. The van der Waals surface area contributed by atoms with E-state index >= 15 is 0 Å². The first kappa shape index (κ1) is 21.9. The SMILES string of the molecule is N#Cc1ccc2ncn(-c3ncc4c(n3)n(C[C@@H]3CC[C@@H](O)c5ccccc53)c(=O)n4CC3CC3)c2c1. The van der Waals surface area contributed by atoms with Gasteiger partial charge in [0.2, 0.25) is 5.95 Å². The van der Waals surface area contributed by atoms with Crippen LogP contribution in [0.4, 0.5) is 0 Å². The Hall–Kier alpha value is -4.29. The Labute approximate surface area is 212 Å². The minimum Gasteiger partial charge on any atom is -0.388 e. The van der Waals surface area contributed by atoms with Gasteiger partial charge in [-0.25, -0.2) is 14.8 Å². The molecular formula is C28H25N7O2. The molecule has 0 spiro atoms. The van der Waals surface area contributed by atoms with Gasteiger partial charge < -0.3 is 5.11 Å². The van der Waals surface area contributed by atoms with Crippen molar-refractivity contribution in [2.24, 2.45) is 5.92 Å². The van der Waals surface area contributed by atoms with Crippen LogP contribution in [-0.2, 0) is 13.1 Å². The Morgan fingerprint density at radius 3 is 2.62 bits per heavy atom. The van der Waals surface area contributed by atoms with E-state index in [1.807, 2.05) is 22.8 Å². The van der Waals surface area contributed by atoms with Crippen LogP contribution in [0.2, 0.25) is 0 Å². The maximum atomic E-state index is 13.7. The molecule has 3 aromatic heterocycles. The normalized spacial score (nSPS) is 19.2. The molecule has 0 amide bonds. The van der Waals surface area contributed by atoms with E-state index in [1.165, 1.54) is 0 Å². The summed E-state index contributed by atoms with van der Waals surface area (Å²) in [6.45, 7) is 1.15. The number of nitrogens with zero attached hydrogens (tertiary/aromatic N) is 7. The van der Waals surface area contributed by atoms with E-state index in [2.05, 4.69) is 22.1 Å². The Kier molecular flexibility index (Phi) is 4.98. The first-order chi connectivity index (χ1) is 18.1. The van der Waals surface area contributed by atoms with Crippen molar-refractivity contribution < 1.29 is 5.11 Å². The molecule has 9 heteroatoms. The molecule has 2 aliphatic rings. The first-order valence-corrected chi connectivity index (χ1v) is 12.7. The van der Waals surface area contributed by atoms with Gasteiger partial charge in [0.05, 0.1) is 35.0 Å². The van der Waals surface area contributed by atoms with Crippen LogP contribution in [0.5, 0.6) is 0 Å². The number of aliphatic hydroxyl groups excluding tert-OH is 1. The molecular weight excluding hydrogens is 466 g/mol. The van der Waals surface area contributed by atoms with E-state index in [0.717, 1.165) is 46.9 Å². The van der Waals surface area contributed by atoms with Crippen molar-refractivity contribution in [2.75, 3.05) is 0 Å². The average molecular weight is 492 g/mol. The van der Waals surface area contributed by atoms with Crippen molar-refractivity contribution in [1.82, 2.24) is 28.7 Å². The maximum absolute atomic E-state index is 13.7. The number of rotatable bonds is 5. The number of benzene rings is 2. The summed E-state index contributed by atoms with van der Waals surface area (Å²) in [5, 5.41) is 19.9. The lowest BCUT2D eigenvalue weighted by atomic mass is 9.81. The Morgan fingerprint density at radius 2 is 1.81 bits per heavy atom. The van der Waals surface area contributed by atoms with Crippen LogP contribution in [0, 0.1) is 17.2 Å². The predicted molar refractivity (Wildman–Crippen MR) is 137 cm³/mol. The van der Waals surface area contributed by atoms with E-state index in [0.29, 0.717) is 42.6 Å². The van der Waals surface area contributed by atoms with Crippen LogP contribution in [0.1, 0.15) is 54.4 Å². The molecule has 1 N–H and O–H groups in total. The minimum atomic E-state index is -0.470. The lowest BCUT2D eigenvalue weighted by molar-refractivity contribution is 0.148. The Morgan fingerprint density at radius 1 is 0.973 bits per heavy atom. The summed E-state index contributed by atoms with van der Waals surface area (Å²) in [4.78, 5) is 27.7. The molecule has 0 bridgehead atoms. The van der Waals surface area contributed by atoms with Gasteiger partial charge in [0.15, 0.2) is 5.65 Å². The van der Waals surface area contributed by atoms with Crippen LogP contribution < -0.4 is 5.69 Å². The summed E-state index contributed by atoms with van der Waals surface area (Å²) in [5.41, 5.74) is 5.30. The van der Waals surface area contributed by atoms with Gasteiger partial charge in [-0.1, -0.05) is 24.3 Å². The Balaban J connectivity index is 1.37. The summed E-state index contributed by atoms with van der Waals surface area (Å²) in [6.07, 6.45) is 6.64. The number of hydrogen-bond donors (Lipinski definition) is 1. The molecule has 5 aromatic rings. The highest BCUT2D eigenvalue weighted by Gasteiger charge is 2.29. The van der Waals surface area contributed by atoms with Crippen LogP contribution in [0.25, 0.3) is 28.1 Å². The van der Waals surface area contributed by atoms with Crippen LogP contribution in [0.15, 0.2) is 59.8 Å². The quantitative estimate of drug-likeness (QED) is 0.400. The number of aromatic nitrogens is 6. The molecule has 37 heavy (non-hydrogen) atoms. The molecule has 0 radical (unpaired) electrons. The molecule has 0 saturated heterocycles. The fourth-order valence-corrected chi connectivity index (χ4v) is 5.60. The zero-order chi connectivity index (χ0) is 25.1. The highest BCUT2D eigenvalue weighted by Crippen LogP contribution is 2.38. The summed E-state index contributed by atoms with van der Waals surface area (Å²) >= 11 is 0. The maximum Gasteiger partial charge on any atom is 0.330 e. The molecule has 1 saturated carbocycles. The van der Waals surface area contributed by atoms with Gasteiger partial charge in [-0.15, -0.1) is 0 Å². The van der Waals surface area contributed by atoms with Gasteiger partial charge in [-0.2, -0.15) is 10.2 Å². The fourth-order valence-electron chi connectivity index (χ4n) is 5.60. The summed E-state index contributed by atoms with van der Waals surface area (Å²) in [6, 6.07) is 15.5. The van der Waals surface area contributed by atoms with Crippen LogP contribution in [-0.4, -0.2) is 33.8 Å². The van der Waals surface area contributed by atoms with E-state index in [9.17, 15) is 15.2 Å². The zero-order valence-corrected chi connectivity index (χ0v) is 20.2. The molecule has 9 nitrogen and oxygen atoms in total. The molecule has 184 valence electrons. The second-order valence-corrected chi connectivity index (χ2v) is 10.2. The van der Waals surface area contributed by atoms with Gasteiger partial charge in [0.1, 0.15) is 11.8 Å². The number of fused-ring (bicyclic) bond motifs is 3. The van der Waals surface area contributed by atoms with Crippen LogP contribution >= 0.6 is 0 Å². The molecule has 1 fully saturated rings.